The second-order valence-electron chi connectivity index (χ2n) is 9.23. The van der Waals surface area contributed by atoms with Gasteiger partial charge in [-0.1, -0.05) is 26.7 Å². The van der Waals surface area contributed by atoms with E-state index in [9.17, 15) is 13.2 Å². The highest BCUT2D eigenvalue weighted by molar-refractivity contribution is 7.91. The highest BCUT2D eigenvalue weighted by Gasteiger charge is 2.26. The first-order valence-electron chi connectivity index (χ1n) is 11.1. The maximum absolute atomic E-state index is 12.7. The smallest absolute Gasteiger partial charge is 0.250 e. The Bertz CT molecular complexity index is 1380. The van der Waals surface area contributed by atoms with Gasteiger partial charge in [0.1, 0.15) is 4.21 Å². The van der Waals surface area contributed by atoms with E-state index in [0.717, 1.165) is 29.9 Å². The number of rotatable bonds is 9. The van der Waals surface area contributed by atoms with Crippen LogP contribution in [-0.2, 0) is 14.8 Å². The van der Waals surface area contributed by atoms with Gasteiger partial charge in [-0.3, -0.25) is 9.89 Å². The fourth-order valence-electron chi connectivity index (χ4n) is 3.11. The van der Waals surface area contributed by atoms with E-state index >= 15 is 0 Å². The van der Waals surface area contributed by atoms with E-state index < -0.39 is 15.4 Å². The number of aromatic amines is 1. The van der Waals surface area contributed by atoms with Crippen LogP contribution in [0, 0.1) is 17.8 Å². The van der Waals surface area contributed by atoms with Gasteiger partial charge < -0.3 is 10.6 Å². The lowest BCUT2D eigenvalue weighted by Gasteiger charge is -2.17. The number of thiophene rings is 1. The highest BCUT2D eigenvalue weighted by atomic mass is 32.2. The fourth-order valence-corrected chi connectivity index (χ4v) is 5.43. The normalized spacial score (nSPS) is 13.9. The summed E-state index contributed by atoms with van der Waals surface area (Å²) >= 11 is 1.04. The predicted molar refractivity (Wildman–Crippen MR) is 135 cm³/mol. The summed E-state index contributed by atoms with van der Waals surface area (Å²) in [5.74, 6) is 4.29. The molecule has 1 fully saturated rings. The van der Waals surface area contributed by atoms with Crippen molar-refractivity contribution in [2.24, 2.45) is 5.41 Å². The molecule has 0 unspecified atom stereocenters. The minimum Gasteiger partial charge on any atom is -0.354 e. The Morgan fingerprint density at radius 2 is 2.06 bits per heavy atom. The van der Waals surface area contributed by atoms with Crippen LogP contribution >= 0.6 is 11.3 Å². The van der Waals surface area contributed by atoms with Crippen LogP contribution in [-0.4, -0.2) is 47.6 Å². The average Bonchev–Trinajstić information content (AvgIpc) is 3.33. The second kappa shape index (κ2) is 9.77. The number of terminal acetylenes is 1. The number of sulfonamides is 1. The van der Waals surface area contributed by atoms with E-state index in [1.807, 2.05) is 6.07 Å². The molecular formula is C23H27N7O3S2. The molecule has 1 aliphatic carbocycles. The van der Waals surface area contributed by atoms with Crippen molar-refractivity contribution in [2.75, 3.05) is 18.4 Å². The molecule has 0 aliphatic heterocycles. The highest BCUT2D eigenvalue weighted by Crippen LogP contribution is 2.39. The van der Waals surface area contributed by atoms with Crippen LogP contribution in [0.5, 0.6) is 0 Å². The third kappa shape index (κ3) is 6.05. The zero-order chi connectivity index (χ0) is 25.2. The topological polar surface area (TPSA) is 142 Å². The zero-order valence-electron chi connectivity index (χ0n) is 19.7. The molecule has 1 amide bonds. The molecule has 0 aromatic carbocycles. The molecule has 12 heteroatoms. The Morgan fingerprint density at radius 3 is 2.74 bits per heavy atom. The number of aromatic nitrogens is 4. The molecular weight excluding hydrogens is 486 g/mol. The van der Waals surface area contributed by atoms with Gasteiger partial charge in [-0.05, 0) is 25.0 Å². The standard InChI is InChI=1S/C23H27N7O3S2/c1-5-14-13-25-21(28-20(14)27-18-12-16(29-30-18)15-6-7-15)17-8-9-19(34-17)35(32,33)26-11-10-24-22(31)23(2,3)4/h1,8-9,12-13,15,26H,6-7,10-11H2,2-4H3,(H,24,31)(H2,25,27,28,29,30). The number of anilines is 2. The maximum atomic E-state index is 12.7. The lowest BCUT2D eigenvalue weighted by atomic mass is 9.96. The Labute approximate surface area is 208 Å². The van der Waals surface area contributed by atoms with Crippen molar-refractivity contribution in [3.05, 3.63) is 35.7 Å². The van der Waals surface area contributed by atoms with Gasteiger partial charge in [0.25, 0.3) is 0 Å². The molecule has 0 spiro atoms. The Morgan fingerprint density at radius 1 is 1.29 bits per heavy atom. The fraction of sp³-hybridized carbons (Fsp3) is 0.391. The van der Waals surface area contributed by atoms with E-state index in [1.54, 1.807) is 26.8 Å². The van der Waals surface area contributed by atoms with E-state index in [-0.39, 0.29) is 23.2 Å². The van der Waals surface area contributed by atoms with E-state index in [0.29, 0.717) is 33.8 Å². The number of hydrogen-bond donors (Lipinski definition) is 4. The monoisotopic (exact) mass is 513 g/mol. The molecule has 1 saturated carbocycles. The molecule has 3 aromatic rings. The van der Waals surface area contributed by atoms with Crippen LogP contribution in [0.4, 0.5) is 11.6 Å². The van der Waals surface area contributed by atoms with Crippen molar-refractivity contribution in [3.8, 4) is 23.0 Å². The van der Waals surface area contributed by atoms with Crippen LogP contribution in [0.3, 0.4) is 0 Å². The SMILES string of the molecule is C#Cc1cnc(-c2ccc(S(=O)(=O)NCCNC(=O)C(C)(C)C)s2)nc1Nc1cc(C2CC2)[nH]n1. The molecule has 3 heterocycles. The van der Waals surface area contributed by atoms with Gasteiger partial charge in [0.05, 0.1) is 10.4 Å². The summed E-state index contributed by atoms with van der Waals surface area (Å²) in [7, 11) is -3.75. The molecule has 1 aliphatic rings. The van der Waals surface area contributed by atoms with Crippen LogP contribution in [0.25, 0.3) is 10.7 Å². The summed E-state index contributed by atoms with van der Waals surface area (Å²) in [6.07, 6.45) is 9.43. The van der Waals surface area contributed by atoms with Gasteiger partial charge in [0.15, 0.2) is 17.5 Å². The average molecular weight is 514 g/mol. The molecule has 184 valence electrons. The second-order valence-corrected chi connectivity index (χ2v) is 12.3. The molecule has 0 radical (unpaired) electrons. The van der Waals surface area contributed by atoms with Crippen molar-refractivity contribution in [2.45, 2.75) is 43.7 Å². The van der Waals surface area contributed by atoms with Gasteiger partial charge in [0, 0.05) is 42.4 Å². The first kappa shape index (κ1) is 24.8. The number of hydrogen-bond acceptors (Lipinski definition) is 8. The number of nitrogens with one attached hydrogen (secondary N) is 4. The zero-order valence-corrected chi connectivity index (χ0v) is 21.3. The van der Waals surface area contributed by atoms with Gasteiger partial charge in [-0.25, -0.2) is 23.1 Å². The molecule has 0 bridgehead atoms. The minimum atomic E-state index is -3.75. The van der Waals surface area contributed by atoms with Gasteiger partial charge >= 0.3 is 0 Å². The third-order valence-electron chi connectivity index (χ3n) is 5.26. The van der Waals surface area contributed by atoms with Crippen LogP contribution < -0.4 is 15.4 Å². The van der Waals surface area contributed by atoms with Crippen molar-refractivity contribution < 1.29 is 13.2 Å². The lowest BCUT2D eigenvalue weighted by molar-refractivity contribution is -0.128. The number of H-pyrrole nitrogens is 1. The Balaban J connectivity index is 1.44. The minimum absolute atomic E-state index is 0.0747. The van der Waals surface area contributed by atoms with E-state index in [4.69, 9.17) is 6.42 Å². The first-order chi connectivity index (χ1) is 16.6. The number of amides is 1. The van der Waals surface area contributed by atoms with Crippen LogP contribution in [0.2, 0.25) is 0 Å². The summed E-state index contributed by atoms with van der Waals surface area (Å²) in [5.41, 5.74) is 0.997. The molecule has 35 heavy (non-hydrogen) atoms. The van der Waals surface area contributed by atoms with E-state index in [1.165, 1.54) is 12.3 Å². The van der Waals surface area contributed by atoms with Crippen LogP contribution in [0.1, 0.15) is 50.8 Å². The van der Waals surface area contributed by atoms with Gasteiger partial charge in [-0.15, -0.1) is 17.8 Å². The quantitative estimate of drug-likeness (QED) is 0.255. The lowest BCUT2D eigenvalue weighted by Crippen LogP contribution is -2.39. The Kier molecular flexibility index (Phi) is 6.93. The summed E-state index contributed by atoms with van der Waals surface area (Å²) in [6, 6.07) is 5.08. The molecule has 4 rings (SSSR count). The van der Waals surface area contributed by atoms with Crippen molar-refractivity contribution in [1.82, 2.24) is 30.2 Å². The molecule has 0 atom stereocenters. The van der Waals surface area contributed by atoms with Gasteiger partial charge in [0.2, 0.25) is 15.9 Å². The molecule has 0 saturated heterocycles. The third-order valence-corrected chi connectivity index (χ3v) is 8.29. The largest absolute Gasteiger partial charge is 0.354 e. The number of carbonyl (C=O) groups excluding carboxylic acids is 1. The molecule has 3 aromatic heterocycles. The van der Waals surface area contributed by atoms with Crippen molar-refractivity contribution in [3.63, 3.8) is 0 Å². The molecule has 10 nitrogen and oxygen atoms in total. The van der Waals surface area contributed by atoms with E-state index in [2.05, 4.69) is 41.4 Å². The summed E-state index contributed by atoms with van der Waals surface area (Å²) in [5, 5.41) is 13.1. The Hall–Kier alpha value is -3.27. The summed E-state index contributed by atoms with van der Waals surface area (Å²) in [6.45, 7) is 5.64. The first-order valence-corrected chi connectivity index (χ1v) is 13.4. The summed E-state index contributed by atoms with van der Waals surface area (Å²) < 4.78 is 28.0. The maximum Gasteiger partial charge on any atom is 0.250 e. The van der Waals surface area contributed by atoms with Crippen molar-refractivity contribution >= 4 is 38.9 Å². The number of carbonyl (C=O) groups is 1. The number of nitrogens with zero attached hydrogens (tertiary/aromatic N) is 3. The predicted octanol–water partition coefficient (Wildman–Crippen LogP) is 2.97. The van der Waals surface area contributed by atoms with Gasteiger partial charge in [-0.2, -0.15) is 5.10 Å². The van der Waals surface area contributed by atoms with Crippen molar-refractivity contribution in [1.29, 1.82) is 0 Å². The van der Waals surface area contributed by atoms with Crippen LogP contribution in [0.15, 0.2) is 28.6 Å². The summed E-state index contributed by atoms with van der Waals surface area (Å²) in [4.78, 5) is 21.3. The molecule has 4 N–H and O–H groups in total.